The Bertz CT molecular complexity index is 746. The maximum absolute atomic E-state index is 14.1. The molecule has 3 aliphatic heterocycles. The van der Waals surface area contributed by atoms with Crippen LogP contribution in [0.5, 0.6) is 0 Å². The number of rotatable bonds is 1. The van der Waals surface area contributed by atoms with Gasteiger partial charge < -0.3 is 15.2 Å². The van der Waals surface area contributed by atoms with Crippen molar-refractivity contribution in [1.29, 1.82) is 0 Å². The van der Waals surface area contributed by atoms with Gasteiger partial charge in [-0.15, -0.1) is 0 Å². The third kappa shape index (κ3) is 1.76. The molecule has 3 fully saturated rings. The zero-order chi connectivity index (χ0) is 13.9. The first kappa shape index (κ1) is 12.3. The third-order valence-corrected chi connectivity index (χ3v) is 4.61. The Hall–Kier alpha value is -1.47. The molecule has 0 radical (unpaired) electrons. The molecule has 5 nitrogen and oxygen atoms in total. The normalized spacial score (nSPS) is 24.8. The number of piperazine rings is 1. The molecule has 1 aromatic heterocycles. The summed E-state index contributed by atoms with van der Waals surface area (Å²) in [5.74, 6) is 0.120. The van der Waals surface area contributed by atoms with Gasteiger partial charge in [0.15, 0.2) is 5.82 Å². The largest absolute Gasteiger partial charge is 0.353 e. The molecule has 4 heterocycles. The Morgan fingerprint density at radius 1 is 1.35 bits per heavy atom. The first-order valence-electron chi connectivity index (χ1n) is 6.51. The molecule has 1 aromatic carbocycles. The molecule has 0 saturated carbocycles. The van der Waals surface area contributed by atoms with Crippen molar-refractivity contribution in [3.05, 3.63) is 32.9 Å². The van der Waals surface area contributed by atoms with Crippen molar-refractivity contribution in [3.63, 3.8) is 0 Å². The molecule has 0 aliphatic carbocycles. The highest BCUT2D eigenvalue weighted by Gasteiger charge is 2.37. The van der Waals surface area contributed by atoms with Crippen LogP contribution in [-0.2, 0) is 0 Å². The predicted molar refractivity (Wildman–Crippen MR) is 77.6 cm³/mol. The molecule has 5 rings (SSSR count). The summed E-state index contributed by atoms with van der Waals surface area (Å²) in [5, 5.41) is 4.07. The minimum atomic E-state index is -0.517. The standard InChI is InChI=1S/C13H12BrFN4O/c14-9-2-1-8-11(10(9)15)17-13(20)18-12(8)19-4-6-3-7(5-19)16-6/h1-2,6-7,16H,3-5H2,(H,17,18,20). The molecular weight excluding hydrogens is 327 g/mol. The fourth-order valence-electron chi connectivity index (χ4n) is 3.08. The van der Waals surface area contributed by atoms with Gasteiger partial charge in [-0.1, -0.05) is 0 Å². The zero-order valence-corrected chi connectivity index (χ0v) is 12.1. The van der Waals surface area contributed by atoms with Gasteiger partial charge >= 0.3 is 5.69 Å². The van der Waals surface area contributed by atoms with Crippen LogP contribution in [-0.4, -0.2) is 35.1 Å². The molecule has 104 valence electrons. The first-order valence-corrected chi connectivity index (χ1v) is 7.30. The van der Waals surface area contributed by atoms with Crippen molar-refractivity contribution in [3.8, 4) is 0 Å². The molecular formula is C13H12BrFN4O. The van der Waals surface area contributed by atoms with Crippen molar-refractivity contribution in [2.24, 2.45) is 0 Å². The molecule has 3 aliphatic rings. The summed E-state index contributed by atoms with van der Waals surface area (Å²) in [5.41, 5.74) is -0.307. The van der Waals surface area contributed by atoms with E-state index in [0.29, 0.717) is 27.8 Å². The number of nitrogens with zero attached hydrogens (tertiary/aromatic N) is 2. The number of hydrogen-bond acceptors (Lipinski definition) is 4. The maximum Gasteiger partial charge on any atom is 0.347 e. The number of aromatic nitrogens is 2. The molecule has 7 heteroatoms. The lowest BCUT2D eigenvalue weighted by molar-refractivity contribution is 0.225. The Morgan fingerprint density at radius 3 is 2.75 bits per heavy atom. The molecule has 20 heavy (non-hydrogen) atoms. The van der Waals surface area contributed by atoms with Gasteiger partial charge in [0.2, 0.25) is 0 Å². The Labute approximate surface area is 122 Å². The summed E-state index contributed by atoms with van der Waals surface area (Å²) in [6.07, 6.45) is 1.16. The van der Waals surface area contributed by atoms with E-state index in [9.17, 15) is 9.18 Å². The quantitative estimate of drug-likeness (QED) is 0.824. The molecule has 3 saturated heterocycles. The van der Waals surface area contributed by atoms with Crippen molar-refractivity contribution in [1.82, 2.24) is 15.3 Å². The lowest BCUT2D eigenvalue weighted by atomic mass is 9.91. The Balaban J connectivity index is 1.90. The molecule has 2 aromatic rings. The monoisotopic (exact) mass is 338 g/mol. The maximum atomic E-state index is 14.1. The lowest BCUT2D eigenvalue weighted by Crippen LogP contribution is -2.67. The van der Waals surface area contributed by atoms with Gasteiger partial charge in [0.25, 0.3) is 0 Å². The average molecular weight is 339 g/mol. The molecule has 2 unspecified atom stereocenters. The van der Waals surface area contributed by atoms with Crippen LogP contribution in [0.4, 0.5) is 10.2 Å². The van der Waals surface area contributed by atoms with E-state index in [0.717, 1.165) is 19.5 Å². The highest BCUT2D eigenvalue weighted by Crippen LogP contribution is 2.31. The van der Waals surface area contributed by atoms with E-state index < -0.39 is 11.5 Å². The van der Waals surface area contributed by atoms with Crippen molar-refractivity contribution >= 4 is 32.7 Å². The van der Waals surface area contributed by atoms with Gasteiger partial charge in [-0.25, -0.2) is 9.18 Å². The molecule has 0 amide bonds. The third-order valence-electron chi connectivity index (χ3n) is 4.00. The van der Waals surface area contributed by atoms with E-state index in [2.05, 4.69) is 36.1 Å². The van der Waals surface area contributed by atoms with Gasteiger partial charge in [-0.05, 0) is 34.5 Å². The Kier molecular flexibility index (Phi) is 2.62. The number of nitrogens with one attached hydrogen (secondary N) is 2. The number of benzene rings is 1. The van der Waals surface area contributed by atoms with Crippen LogP contribution in [0, 0.1) is 5.82 Å². The van der Waals surface area contributed by atoms with E-state index in [1.807, 2.05) is 0 Å². The number of H-pyrrole nitrogens is 1. The van der Waals surface area contributed by atoms with Gasteiger partial charge in [0.05, 0.1) is 9.99 Å². The number of hydrogen-bond donors (Lipinski definition) is 2. The van der Waals surface area contributed by atoms with Crippen LogP contribution in [0.3, 0.4) is 0 Å². The van der Waals surface area contributed by atoms with Crippen molar-refractivity contribution in [2.45, 2.75) is 18.5 Å². The van der Waals surface area contributed by atoms with Crippen LogP contribution >= 0.6 is 15.9 Å². The van der Waals surface area contributed by atoms with Gasteiger partial charge in [-0.3, -0.25) is 0 Å². The van der Waals surface area contributed by atoms with Crippen LogP contribution in [0.2, 0.25) is 0 Å². The van der Waals surface area contributed by atoms with Crippen molar-refractivity contribution in [2.75, 3.05) is 18.0 Å². The molecule has 2 N–H and O–H groups in total. The van der Waals surface area contributed by atoms with Crippen LogP contribution < -0.4 is 15.9 Å². The second-order valence-corrected chi connectivity index (χ2v) is 6.21. The summed E-state index contributed by atoms with van der Waals surface area (Å²) in [7, 11) is 0. The molecule has 2 bridgehead atoms. The molecule has 0 spiro atoms. The first-order chi connectivity index (χ1) is 9.61. The second kappa shape index (κ2) is 4.26. The van der Waals surface area contributed by atoms with Crippen LogP contribution in [0.1, 0.15) is 6.42 Å². The minimum absolute atomic E-state index is 0.210. The Morgan fingerprint density at radius 2 is 2.05 bits per heavy atom. The highest BCUT2D eigenvalue weighted by atomic mass is 79.9. The summed E-state index contributed by atoms with van der Waals surface area (Å²) in [6.45, 7) is 1.61. The zero-order valence-electron chi connectivity index (χ0n) is 10.5. The van der Waals surface area contributed by atoms with Crippen molar-refractivity contribution < 1.29 is 4.39 Å². The fourth-order valence-corrected chi connectivity index (χ4v) is 3.41. The number of anilines is 1. The number of halogens is 2. The topological polar surface area (TPSA) is 61.0 Å². The van der Waals surface area contributed by atoms with Gasteiger partial charge in [0, 0.05) is 30.6 Å². The second-order valence-electron chi connectivity index (χ2n) is 5.35. The molecule has 2 atom stereocenters. The van der Waals surface area contributed by atoms with E-state index in [1.54, 1.807) is 12.1 Å². The number of piperidine rings is 1. The number of aromatic amines is 1. The summed E-state index contributed by atoms with van der Waals surface area (Å²) in [6, 6.07) is 4.33. The summed E-state index contributed by atoms with van der Waals surface area (Å²) in [4.78, 5) is 20.3. The smallest absolute Gasteiger partial charge is 0.347 e. The van der Waals surface area contributed by atoms with E-state index >= 15 is 0 Å². The predicted octanol–water partition coefficient (Wildman–Crippen LogP) is 1.38. The van der Waals surface area contributed by atoms with Gasteiger partial charge in [0.1, 0.15) is 5.82 Å². The summed E-state index contributed by atoms with van der Waals surface area (Å²) >= 11 is 3.14. The van der Waals surface area contributed by atoms with E-state index in [4.69, 9.17) is 0 Å². The average Bonchev–Trinajstić information content (AvgIpc) is 2.42. The summed E-state index contributed by atoms with van der Waals surface area (Å²) < 4.78 is 14.5. The minimum Gasteiger partial charge on any atom is -0.353 e. The SMILES string of the molecule is O=c1nc(N2CC3CC(C2)N3)c2ccc(Br)c(F)c2[nH]1. The van der Waals surface area contributed by atoms with Crippen LogP contribution in [0.15, 0.2) is 21.4 Å². The highest BCUT2D eigenvalue weighted by molar-refractivity contribution is 9.10. The number of fused-ring (bicyclic) bond motifs is 3. The van der Waals surface area contributed by atoms with Crippen LogP contribution in [0.25, 0.3) is 10.9 Å². The van der Waals surface area contributed by atoms with Gasteiger partial charge in [-0.2, -0.15) is 4.98 Å². The van der Waals surface area contributed by atoms with E-state index in [1.165, 1.54) is 0 Å². The van der Waals surface area contributed by atoms with E-state index in [-0.39, 0.29) is 5.52 Å². The lowest BCUT2D eigenvalue weighted by Gasteiger charge is -2.48. The fraction of sp³-hybridized carbons (Fsp3) is 0.385.